The molecule has 0 spiro atoms. The van der Waals surface area contributed by atoms with Crippen molar-refractivity contribution in [3.63, 3.8) is 0 Å². The molecule has 1 aromatic rings. The number of amides is 1. The fourth-order valence-corrected chi connectivity index (χ4v) is 2.97. The van der Waals surface area contributed by atoms with Crippen LogP contribution in [0.3, 0.4) is 0 Å². The summed E-state index contributed by atoms with van der Waals surface area (Å²) < 4.78 is 5.80. The average Bonchev–Trinajstić information content (AvgIpc) is 2.79. The number of benzene rings is 1. The fraction of sp³-hybridized carbons (Fsp3) is 0.429. The van der Waals surface area contributed by atoms with Crippen molar-refractivity contribution in [1.29, 1.82) is 0 Å². The first-order valence-electron chi connectivity index (χ1n) is 6.71. The molecule has 1 aromatic carbocycles. The zero-order valence-corrected chi connectivity index (χ0v) is 12.0. The second-order valence-corrected chi connectivity index (χ2v) is 5.72. The standard InChI is InChI=1S/C14H15ClN2O4/c15-9-1-2-12-8(3-9)4-10(21-12)6-17-7-13(18)16-5-11(17)14(19)20/h1-3,10-11H,4-7H2,(H,16,18)(H,19,20). The summed E-state index contributed by atoms with van der Waals surface area (Å²) >= 11 is 5.95. The second kappa shape index (κ2) is 5.54. The van der Waals surface area contributed by atoms with Crippen molar-refractivity contribution >= 4 is 23.5 Å². The third kappa shape index (κ3) is 2.96. The van der Waals surface area contributed by atoms with Gasteiger partial charge in [0.1, 0.15) is 17.9 Å². The Labute approximate surface area is 126 Å². The van der Waals surface area contributed by atoms with Crippen molar-refractivity contribution in [3.8, 4) is 5.75 Å². The Morgan fingerprint density at radius 2 is 2.33 bits per heavy atom. The molecular weight excluding hydrogens is 296 g/mol. The Kier molecular flexibility index (Phi) is 3.73. The normalized spacial score (nSPS) is 25.1. The minimum atomic E-state index is -0.937. The molecule has 0 bridgehead atoms. The number of carboxylic acids is 1. The highest BCUT2D eigenvalue weighted by atomic mass is 35.5. The van der Waals surface area contributed by atoms with Gasteiger partial charge in [-0.2, -0.15) is 0 Å². The van der Waals surface area contributed by atoms with Crippen molar-refractivity contribution in [2.45, 2.75) is 18.6 Å². The van der Waals surface area contributed by atoms with E-state index in [1.54, 1.807) is 11.0 Å². The molecule has 1 fully saturated rings. The first-order valence-corrected chi connectivity index (χ1v) is 7.09. The quantitative estimate of drug-likeness (QED) is 0.851. The first-order chi connectivity index (χ1) is 10.0. The highest BCUT2D eigenvalue weighted by molar-refractivity contribution is 6.30. The zero-order chi connectivity index (χ0) is 15.0. The van der Waals surface area contributed by atoms with Crippen LogP contribution in [0.4, 0.5) is 0 Å². The molecule has 7 heteroatoms. The lowest BCUT2D eigenvalue weighted by Gasteiger charge is -2.33. The molecule has 21 heavy (non-hydrogen) atoms. The molecule has 2 atom stereocenters. The molecule has 2 N–H and O–H groups in total. The molecule has 1 amide bonds. The Morgan fingerprint density at radius 3 is 3.10 bits per heavy atom. The molecule has 2 aliphatic rings. The maximum absolute atomic E-state index is 11.5. The van der Waals surface area contributed by atoms with E-state index in [-0.39, 0.29) is 25.1 Å². The van der Waals surface area contributed by atoms with Crippen LogP contribution in [0.1, 0.15) is 5.56 Å². The monoisotopic (exact) mass is 310 g/mol. The van der Waals surface area contributed by atoms with Crippen LogP contribution in [0.25, 0.3) is 0 Å². The largest absolute Gasteiger partial charge is 0.488 e. The van der Waals surface area contributed by atoms with Gasteiger partial charge in [0.15, 0.2) is 0 Å². The molecule has 0 radical (unpaired) electrons. The molecule has 112 valence electrons. The van der Waals surface area contributed by atoms with Crippen molar-refractivity contribution in [2.75, 3.05) is 19.6 Å². The molecule has 2 unspecified atom stereocenters. The van der Waals surface area contributed by atoms with E-state index in [4.69, 9.17) is 16.3 Å². The van der Waals surface area contributed by atoms with E-state index in [2.05, 4.69) is 5.32 Å². The highest BCUT2D eigenvalue weighted by Gasteiger charge is 2.35. The van der Waals surface area contributed by atoms with Crippen LogP contribution >= 0.6 is 11.6 Å². The van der Waals surface area contributed by atoms with E-state index in [0.717, 1.165) is 11.3 Å². The minimum absolute atomic E-state index is 0.0773. The SMILES string of the molecule is O=C1CN(CC2Cc3cc(Cl)ccc3O2)C(C(=O)O)CN1. The van der Waals surface area contributed by atoms with Crippen molar-refractivity contribution in [2.24, 2.45) is 0 Å². The maximum atomic E-state index is 11.5. The summed E-state index contributed by atoms with van der Waals surface area (Å²) in [7, 11) is 0. The predicted octanol–water partition coefficient (Wildman–Crippen LogP) is 0.528. The van der Waals surface area contributed by atoms with E-state index < -0.39 is 12.0 Å². The number of hydrogen-bond donors (Lipinski definition) is 2. The molecule has 1 saturated heterocycles. The third-order valence-corrected chi connectivity index (χ3v) is 4.00. The van der Waals surface area contributed by atoms with Gasteiger partial charge in [0, 0.05) is 24.5 Å². The van der Waals surface area contributed by atoms with Crippen molar-refractivity contribution < 1.29 is 19.4 Å². The molecular formula is C14H15ClN2O4. The highest BCUT2D eigenvalue weighted by Crippen LogP contribution is 2.31. The number of halogens is 1. The number of aliphatic carboxylic acids is 1. The lowest BCUT2D eigenvalue weighted by molar-refractivity contribution is -0.146. The van der Waals surface area contributed by atoms with Crippen LogP contribution in [-0.2, 0) is 16.0 Å². The van der Waals surface area contributed by atoms with Crippen LogP contribution in [-0.4, -0.2) is 53.7 Å². The Bertz CT molecular complexity index is 592. The predicted molar refractivity (Wildman–Crippen MR) is 75.6 cm³/mol. The number of piperazine rings is 1. The molecule has 3 rings (SSSR count). The number of carbonyl (C=O) groups is 2. The smallest absolute Gasteiger partial charge is 0.322 e. The van der Waals surface area contributed by atoms with Gasteiger partial charge in [-0.1, -0.05) is 11.6 Å². The average molecular weight is 311 g/mol. The molecule has 2 heterocycles. The Morgan fingerprint density at radius 1 is 1.52 bits per heavy atom. The number of ether oxygens (including phenoxy) is 1. The van der Waals surface area contributed by atoms with Crippen molar-refractivity contribution in [3.05, 3.63) is 28.8 Å². The number of carboxylic acid groups (broad SMARTS) is 1. The summed E-state index contributed by atoms with van der Waals surface area (Å²) in [6.45, 7) is 0.601. The fourth-order valence-electron chi connectivity index (χ4n) is 2.78. The summed E-state index contributed by atoms with van der Waals surface area (Å²) in [6, 6.07) is 4.72. The third-order valence-electron chi connectivity index (χ3n) is 3.77. The number of hydrogen-bond acceptors (Lipinski definition) is 4. The maximum Gasteiger partial charge on any atom is 0.322 e. The number of fused-ring (bicyclic) bond motifs is 1. The first kappa shape index (κ1) is 14.2. The van der Waals surface area contributed by atoms with Gasteiger partial charge in [-0.15, -0.1) is 0 Å². The topological polar surface area (TPSA) is 78.9 Å². The van der Waals surface area contributed by atoms with Gasteiger partial charge >= 0.3 is 5.97 Å². The zero-order valence-electron chi connectivity index (χ0n) is 11.2. The molecule has 6 nitrogen and oxygen atoms in total. The van der Waals surface area contributed by atoms with Gasteiger partial charge in [0.05, 0.1) is 6.54 Å². The van der Waals surface area contributed by atoms with E-state index in [1.807, 2.05) is 12.1 Å². The number of rotatable bonds is 3. The summed E-state index contributed by atoms with van der Waals surface area (Å²) in [5, 5.41) is 12.5. The van der Waals surface area contributed by atoms with Gasteiger partial charge in [-0.25, -0.2) is 0 Å². The van der Waals surface area contributed by atoms with Crippen LogP contribution in [0.15, 0.2) is 18.2 Å². The lowest BCUT2D eigenvalue weighted by atomic mass is 10.1. The second-order valence-electron chi connectivity index (χ2n) is 5.28. The van der Waals surface area contributed by atoms with Gasteiger partial charge in [0.2, 0.25) is 5.91 Å². The summed E-state index contributed by atoms with van der Waals surface area (Å²) in [5.41, 5.74) is 1.01. The summed E-state index contributed by atoms with van der Waals surface area (Å²) in [5.74, 6) is -0.322. The van der Waals surface area contributed by atoms with Gasteiger partial charge in [0.25, 0.3) is 0 Å². The lowest BCUT2D eigenvalue weighted by Crippen LogP contribution is -2.59. The Hall–Kier alpha value is -1.79. The summed E-state index contributed by atoms with van der Waals surface area (Å²) in [6.07, 6.45) is 0.506. The van der Waals surface area contributed by atoms with E-state index >= 15 is 0 Å². The van der Waals surface area contributed by atoms with Crippen LogP contribution in [0.2, 0.25) is 5.02 Å². The minimum Gasteiger partial charge on any atom is -0.488 e. The van der Waals surface area contributed by atoms with Crippen LogP contribution < -0.4 is 10.1 Å². The molecule has 0 aromatic heterocycles. The number of nitrogens with zero attached hydrogens (tertiary/aromatic N) is 1. The molecule has 2 aliphatic heterocycles. The summed E-state index contributed by atoms with van der Waals surface area (Å²) in [4.78, 5) is 24.4. The van der Waals surface area contributed by atoms with Gasteiger partial charge in [-0.3, -0.25) is 14.5 Å². The number of nitrogens with one attached hydrogen (secondary N) is 1. The van der Waals surface area contributed by atoms with Gasteiger partial charge in [-0.05, 0) is 23.8 Å². The van der Waals surface area contributed by atoms with E-state index in [0.29, 0.717) is 18.0 Å². The van der Waals surface area contributed by atoms with E-state index in [9.17, 15) is 14.7 Å². The van der Waals surface area contributed by atoms with Gasteiger partial charge < -0.3 is 15.2 Å². The Balaban J connectivity index is 1.69. The number of carbonyl (C=O) groups excluding carboxylic acids is 1. The van der Waals surface area contributed by atoms with Crippen LogP contribution in [0.5, 0.6) is 5.75 Å². The molecule has 0 aliphatic carbocycles. The van der Waals surface area contributed by atoms with Crippen LogP contribution in [0, 0.1) is 0 Å². The van der Waals surface area contributed by atoms with E-state index in [1.165, 1.54) is 0 Å². The molecule has 0 saturated carbocycles. The van der Waals surface area contributed by atoms with Crippen molar-refractivity contribution in [1.82, 2.24) is 10.2 Å².